The van der Waals surface area contributed by atoms with Crippen molar-refractivity contribution in [2.24, 2.45) is 0 Å². The molecule has 126 valence electrons. The summed E-state index contributed by atoms with van der Waals surface area (Å²) in [6.45, 7) is 2.17. The van der Waals surface area contributed by atoms with Crippen molar-refractivity contribution in [1.29, 1.82) is 0 Å². The average Bonchev–Trinajstić information content (AvgIpc) is 2.69. The molecule has 0 aliphatic heterocycles. The Hall–Kier alpha value is -1.69. The van der Waals surface area contributed by atoms with Gasteiger partial charge in [-0.1, -0.05) is 67.6 Å². The van der Waals surface area contributed by atoms with Gasteiger partial charge in [0.25, 0.3) is 0 Å². The highest BCUT2D eigenvalue weighted by atomic mass is 79.9. The number of benzene rings is 3. The third-order valence-electron chi connectivity index (χ3n) is 4.27. The Bertz CT molecular complexity index is 768. The highest BCUT2D eigenvalue weighted by molar-refractivity contribution is 9.44. The van der Waals surface area contributed by atoms with Crippen molar-refractivity contribution in [3.8, 4) is 0 Å². The lowest BCUT2D eigenvalue weighted by atomic mass is 10.1. The highest BCUT2D eigenvalue weighted by Gasteiger charge is 2.43. The summed E-state index contributed by atoms with van der Waals surface area (Å²) in [5.74, 6) is -1.78. The first-order valence-electron chi connectivity index (χ1n) is 8.69. The summed E-state index contributed by atoms with van der Waals surface area (Å²) in [5, 5.41) is 4.05. The Morgan fingerprint density at radius 3 is 1.64 bits per heavy atom. The van der Waals surface area contributed by atoms with Crippen LogP contribution in [0.25, 0.3) is 0 Å². The third-order valence-corrected chi connectivity index (χ3v) is 11.0. The maximum absolute atomic E-state index is 4.20. The minimum Gasteiger partial charge on any atom is -0.0885 e. The molecule has 2 heteroatoms. The standard InChI is InChI=1S/C23H23BrP/c1-2-3-6-11-20-16-18-23(19-17-20)25(24,21-12-7-4-8-13-21)22-14-9-5-10-15-22/h3-10,12-19H,2,11H2,1H3/q+1/b6-3+. The lowest BCUT2D eigenvalue weighted by Crippen LogP contribution is -2.26. The zero-order chi connectivity index (χ0) is 17.5. The number of allylic oxidation sites excluding steroid dienone is 2. The van der Waals surface area contributed by atoms with Crippen molar-refractivity contribution >= 4 is 37.4 Å². The van der Waals surface area contributed by atoms with Gasteiger partial charge in [-0.25, -0.2) is 0 Å². The molecule has 0 bridgehead atoms. The Morgan fingerprint density at radius 1 is 0.680 bits per heavy atom. The molecule has 0 N–H and O–H groups in total. The van der Waals surface area contributed by atoms with Crippen molar-refractivity contribution in [2.45, 2.75) is 19.8 Å². The molecule has 0 saturated heterocycles. The second-order valence-corrected chi connectivity index (χ2v) is 11.9. The lowest BCUT2D eigenvalue weighted by Gasteiger charge is -2.20. The first-order valence-corrected chi connectivity index (χ1v) is 12.5. The lowest BCUT2D eigenvalue weighted by molar-refractivity contribution is 1.18. The molecule has 0 aliphatic carbocycles. The Kier molecular flexibility index (Phi) is 6.24. The minimum atomic E-state index is -1.78. The molecule has 0 fully saturated rings. The summed E-state index contributed by atoms with van der Waals surface area (Å²) in [6.07, 6.45) is 6.57. The largest absolute Gasteiger partial charge is 0.181 e. The van der Waals surface area contributed by atoms with Gasteiger partial charge in [-0.3, -0.25) is 0 Å². The second-order valence-electron chi connectivity index (χ2n) is 6.01. The fraction of sp³-hybridized carbons (Fsp3) is 0.130. The molecule has 0 aliphatic rings. The van der Waals surface area contributed by atoms with Crippen LogP contribution in [-0.4, -0.2) is 0 Å². The van der Waals surface area contributed by atoms with Crippen LogP contribution in [0.4, 0.5) is 0 Å². The summed E-state index contributed by atoms with van der Waals surface area (Å²) < 4.78 is 0. The average molecular weight is 410 g/mol. The molecule has 25 heavy (non-hydrogen) atoms. The summed E-state index contributed by atoms with van der Waals surface area (Å²) in [4.78, 5) is 0. The predicted molar refractivity (Wildman–Crippen MR) is 117 cm³/mol. The van der Waals surface area contributed by atoms with Crippen LogP contribution in [-0.2, 0) is 6.42 Å². The minimum absolute atomic E-state index is 0.999. The van der Waals surface area contributed by atoms with E-state index in [0.717, 1.165) is 12.8 Å². The molecular formula is C23H23BrP+. The molecular weight excluding hydrogens is 387 g/mol. The van der Waals surface area contributed by atoms with E-state index in [9.17, 15) is 0 Å². The van der Waals surface area contributed by atoms with Gasteiger partial charge in [0.15, 0.2) is 21.5 Å². The number of hydrogen-bond acceptors (Lipinski definition) is 0. The SMILES string of the molecule is CC/C=C/Cc1ccc([P+](Br)(c2ccccc2)c2ccccc2)cc1. The molecule has 0 spiro atoms. The first-order chi connectivity index (χ1) is 12.2. The van der Waals surface area contributed by atoms with Gasteiger partial charge in [0, 0.05) is 0 Å². The molecule has 0 unspecified atom stereocenters. The van der Waals surface area contributed by atoms with Gasteiger partial charge in [0.1, 0.15) is 15.9 Å². The van der Waals surface area contributed by atoms with E-state index in [1.807, 2.05) is 0 Å². The molecule has 0 amide bonds. The zero-order valence-electron chi connectivity index (χ0n) is 14.5. The van der Waals surface area contributed by atoms with Crippen LogP contribution in [0.2, 0.25) is 0 Å². The second kappa shape index (κ2) is 8.61. The van der Waals surface area contributed by atoms with E-state index < -0.39 is 5.96 Å². The van der Waals surface area contributed by atoms with Gasteiger partial charge >= 0.3 is 0 Å². The van der Waals surface area contributed by atoms with Crippen LogP contribution >= 0.6 is 21.5 Å². The summed E-state index contributed by atoms with van der Waals surface area (Å²) in [6, 6.07) is 30.7. The fourth-order valence-corrected chi connectivity index (χ4v) is 7.69. The topological polar surface area (TPSA) is 0 Å². The quantitative estimate of drug-likeness (QED) is 0.356. The van der Waals surface area contributed by atoms with E-state index >= 15 is 0 Å². The fourth-order valence-electron chi connectivity index (χ4n) is 2.94. The summed E-state index contributed by atoms with van der Waals surface area (Å²) in [7, 11) is 0. The first kappa shape index (κ1) is 18.1. The monoisotopic (exact) mass is 409 g/mol. The zero-order valence-corrected chi connectivity index (χ0v) is 17.0. The van der Waals surface area contributed by atoms with Gasteiger partial charge in [0.2, 0.25) is 0 Å². The van der Waals surface area contributed by atoms with E-state index in [1.54, 1.807) is 0 Å². The Balaban J connectivity index is 2.02. The highest BCUT2D eigenvalue weighted by Crippen LogP contribution is 2.62. The van der Waals surface area contributed by atoms with Crippen molar-refractivity contribution in [3.63, 3.8) is 0 Å². The smallest absolute Gasteiger partial charge is 0.0885 e. The van der Waals surface area contributed by atoms with Crippen molar-refractivity contribution in [1.82, 2.24) is 0 Å². The van der Waals surface area contributed by atoms with Crippen LogP contribution in [0.5, 0.6) is 0 Å². The molecule has 0 atom stereocenters. The van der Waals surface area contributed by atoms with Crippen LogP contribution in [0.15, 0.2) is 97.1 Å². The maximum atomic E-state index is 4.20. The van der Waals surface area contributed by atoms with E-state index in [2.05, 4.69) is 119 Å². The van der Waals surface area contributed by atoms with Gasteiger partial charge in [-0.05, 0) is 54.8 Å². The molecule has 0 heterocycles. The van der Waals surface area contributed by atoms with Crippen LogP contribution in [0, 0.1) is 0 Å². The van der Waals surface area contributed by atoms with Crippen LogP contribution in [0.1, 0.15) is 18.9 Å². The predicted octanol–water partition coefficient (Wildman–Crippen LogP) is 5.80. The van der Waals surface area contributed by atoms with Gasteiger partial charge in [0.05, 0.1) is 0 Å². The summed E-state index contributed by atoms with van der Waals surface area (Å²) in [5.41, 5.74) is 1.36. The van der Waals surface area contributed by atoms with E-state index in [4.69, 9.17) is 0 Å². The molecule has 3 aromatic carbocycles. The molecule has 0 saturated carbocycles. The number of hydrogen-bond donors (Lipinski definition) is 0. The summed E-state index contributed by atoms with van der Waals surface area (Å²) >= 11 is 4.20. The maximum Gasteiger partial charge on any atom is 0.181 e. The van der Waals surface area contributed by atoms with E-state index in [1.165, 1.54) is 21.5 Å². The van der Waals surface area contributed by atoms with E-state index in [0.29, 0.717) is 0 Å². The van der Waals surface area contributed by atoms with E-state index in [-0.39, 0.29) is 0 Å². The van der Waals surface area contributed by atoms with Crippen molar-refractivity contribution in [2.75, 3.05) is 0 Å². The van der Waals surface area contributed by atoms with Gasteiger partial charge in [-0.15, -0.1) is 0 Å². The molecule has 0 aromatic heterocycles. The normalized spacial score (nSPS) is 11.8. The van der Waals surface area contributed by atoms with Crippen LogP contribution in [0.3, 0.4) is 0 Å². The van der Waals surface area contributed by atoms with Crippen molar-refractivity contribution in [3.05, 3.63) is 103 Å². The Labute approximate surface area is 159 Å². The molecule has 0 radical (unpaired) electrons. The van der Waals surface area contributed by atoms with Crippen LogP contribution < -0.4 is 15.9 Å². The molecule has 3 aromatic rings. The third kappa shape index (κ3) is 4.11. The molecule has 3 rings (SSSR count). The Morgan fingerprint density at radius 2 is 1.16 bits per heavy atom. The number of halogens is 1. The van der Waals surface area contributed by atoms with Gasteiger partial charge < -0.3 is 0 Å². The van der Waals surface area contributed by atoms with Gasteiger partial charge in [-0.2, -0.15) is 0 Å². The number of rotatable bonds is 6. The molecule has 0 nitrogen and oxygen atoms in total. The van der Waals surface area contributed by atoms with Crippen molar-refractivity contribution < 1.29 is 0 Å².